The van der Waals surface area contributed by atoms with Crippen molar-refractivity contribution < 1.29 is 75.5 Å². The molecule has 0 atom stereocenters. The molecule has 0 aliphatic rings. The Hall–Kier alpha value is -8.66. The highest BCUT2D eigenvalue weighted by Crippen LogP contribution is 2.61. The molecule has 92 heavy (non-hydrogen) atoms. The monoisotopic (exact) mass is 1430 g/mol. The van der Waals surface area contributed by atoms with E-state index in [4.69, 9.17) is 56.7 Å². The molecule has 0 unspecified atom stereocenters. The second-order valence-corrected chi connectivity index (χ2v) is 26.9. The van der Waals surface area contributed by atoms with Gasteiger partial charge in [0.2, 0.25) is 0 Å². The van der Waals surface area contributed by atoms with Gasteiger partial charge in [0, 0.05) is 53.7 Å². The number of nitrogens with zero attached hydrogens (tertiary/aromatic N) is 10. The van der Waals surface area contributed by atoms with E-state index in [0.717, 1.165) is 34.1 Å². The van der Waals surface area contributed by atoms with Crippen LogP contribution in [0.4, 0.5) is 17.1 Å². The number of esters is 2. The number of aromatic hydroxyl groups is 1. The molecular formula is C55H60Cl6N13O16PS. The molecule has 0 aliphatic heterocycles. The second kappa shape index (κ2) is 44.7. The Kier molecular flexibility index (Phi) is 41.5. The van der Waals surface area contributed by atoms with Crippen LogP contribution in [0.25, 0.3) is 16.0 Å². The van der Waals surface area contributed by atoms with Gasteiger partial charge in [-0.3, -0.25) is 47.7 Å². The van der Waals surface area contributed by atoms with Gasteiger partial charge >= 0.3 is 22.9 Å². The summed E-state index contributed by atoms with van der Waals surface area (Å²) in [4.78, 5) is 113. The zero-order chi connectivity index (χ0) is 71.1. The lowest BCUT2D eigenvalue weighted by Gasteiger charge is -2.11. The number of nitrogen functional groups attached to an aromatic ring is 1. The topological polar surface area (TPSA) is 464 Å². The number of aryl methyl sites for hydroxylation is 3. The number of halogens is 6. The number of H-pyrrole nitrogens is 1. The highest BCUT2D eigenvalue weighted by Gasteiger charge is 2.31. The first kappa shape index (κ1) is 85.4. The smallest absolute Gasteiger partial charge is 0.441 e. The van der Waals surface area contributed by atoms with E-state index in [1.165, 1.54) is 52.8 Å². The van der Waals surface area contributed by atoms with Crippen LogP contribution in [0, 0.1) is 20.8 Å². The molecule has 37 heteroatoms. The number of aromatic nitrogens is 6. The number of nitrogens with one attached hydrogen (secondary N) is 2. The van der Waals surface area contributed by atoms with Crippen LogP contribution >= 0.6 is 73.7 Å². The maximum atomic E-state index is 11.5. The van der Waals surface area contributed by atoms with Crippen LogP contribution in [0.3, 0.4) is 0 Å². The lowest BCUT2D eigenvalue weighted by Crippen LogP contribution is -2.28. The van der Waals surface area contributed by atoms with Crippen LogP contribution in [0.1, 0.15) is 116 Å². The number of sulfonamides is 1. The van der Waals surface area contributed by atoms with E-state index in [0.29, 0.717) is 5.69 Å². The van der Waals surface area contributed by atoms with Gasteiger partial charge in [0.05, 0.1) is 41.7 Å². The van der Waals surface area contributed by atoms with Crippen molar-refractivity contribution in [2.24, 2.45) is 4.52 Å². The van der Waals surface area contributed by atoms with Crippen LogP contribution in [0.15, 0.2) is 105 Å². The highest BCUT2D eigenvalue weighted by molar-refractivity contribution is 8.24. The number of rotatable bonds is 17. The van der Waals surface area contributed by atoms with Gasteiger partial charge in [-0.15, -0.1) is 20.4 Å². The molecular weight excluding hydrogens is 1370 g/mol. The van der Waals surface area contributed by atoms with Gasteiger partial charge in [-0.25, -0.2) is 18.3 Å². The Morgan fingerprint density at radius 3 is 1.59 bits per heavy atom. The number of hydrogen-bond donors (Lipinski definition) is 4. The number of aromatic amines is 1. The molecule has 0 radical (unpaired) electrons. The maximum Gasteiger partial charge on any atom is 0.441 e. The highest BCUT2D eigenvalue weighted by atomic mass is 36.0. The number of Topliss-reactive ketones (excluding diaryl/α,β-unsaturated/α-hetero) is 7. The molecule has 0 aliphatic carbocycles. The van der Waals surface area contributed by atoms with E-state index >= 15 is 0 Å². The quantitative estimate of drug-likeness (QED) is 0.00758. The van der Waals surface area contributed by atoms with Gasteiger partial charge in [0.1, 0.15) is 23.7 Å². The Balaban J connectivity index is 0. The van der Waals surface area contributed by atoms with Crippen molar-refractivity contribution >= 4 is 159 Å². The number of para-hydroxylation sites is 2. The van der Waals surface area contributed by atoms with Crippen molar-refractivity contribution in [3.8, 4) is 5.75 Å². The van der Waals surface area contributed by atoms with Crippen LogP contribution in [-0.2, 0) is 52.8 Å². The zero-order valence-electron chi connectivity index (χ0n) is 50.4. The molecule has 0 saturated heterocycles. The summed E-state index contributed by atoms with van der Waals surface area (Å²) in [6, 6.07) is 25.5. The summed E-state index contributed by atoms with van der Waals surface area (Å²) < 4.78 is 43.4. The predicted octanol–water partition coefficient (Wildman–Crippen LogP) is 11.7. The number of ether oxygens (including phenoxy) is 2. The van der Waals surface area contributed by atoms with Crippen molar-refractivity contribution in [3.05, 3.63) is 166 Å². The average molecular weight is 1430 g/mol. The van der Waals surface area contributed by atoms with Gasteiger partial charge in [-0.2, -0.15) is 9.89 Å². The largest absolute Gasteiger partial charge is 0.505 e. The summed E-state index contributed by atoms with van der Waals surface area (Å²) >= 11 is 30.7. The number of anilines is 3. The molecule has 0 saturated carbocycles. The number of hydrogen-bond acceptors (Lipinski definition) is 23. The summed E-state index contributed by atoms with van der Waals surface area (Å²) in [5.74, 6) is -4.64. The van der Waals surface area contributed by atoms with Gasteiger partial charge in [-0.1, -0.05) is 88.9 Å². The summed E-state index contributed by atoms with van der Waals surface area (Å²) in [6.45, 7) is 15.9. The molecule has 0 spiro atoms. The Labute approximate surface area is 556 Å². The molecule has 3 heterocycles. The van der Waals surface area contributed by atoms with Crippen molar-refractivity contribution in [2.75, 3.05) is 24.3 Å². The van der Waals surface area contributed by atoms with E-state index in [-0.39, 0.29) is 92.2 Å². The van der Waals surface area contributed by atoms with E-state index in [9.17, 15) is 60.9 Å². The SMILES string of the molecule is CC(=O)c1n[nH]c(=O)cc1O.CC(=O)c1nnc(Cl)cc1Cl.CC(=O)c1nnc(Cl)cc1Nc1ccccc1C.CCOC(=O)C(=[N+]=[N-])C(=O)CC(C)=O.CCOC(=O)CC(=O)CC(C)=O.Cc1ccc(S(=O)(=O)N=[N+]=[N-])cc1.Cc1ccccc1N.O=P(Cl)(Cl)Cl. The number of ketones is 7. The number of azide groups is 1. The van der Waals surface area contributed by atoms with Gasteiger partial charge in [0.25, 0.3) is 21.4 Å². The molecule has 6 aromatic rings. The lowest BCUT2D eigenvalue weighted by atomic mass is 10.1. The fraction of sp³-hybridized carbons (Fsp3) is 0.273. The van der Waals surface area contributed by atoms with Crippen molar-refractivity contribution in [1.82, 2.24) is 30.6 Å². The number of benzene rings is 3. The van der Waals surface area contributed by atoms with Crippen LogP contribution in [0.5, 0.6) is 5.75 Å². The van der Waals surface area contributed by atoms with Crippen molar-refractivity contribution in [3.63, 3.8) is 0 Å². The third-order valence-electron chi connectivity index (χ3n) is 9.67. The average Bonchev–Trinajstić information content (AvgIpc) is 1.37. The van der Waals surface area contributed by atoms with Gasteiger partial charge < -0.3 is 31.2 Å². The fourth-order valence-corrected chi connectivity index (χ4v) is 6.94. The first-order chi connectivity index (χ1) is 42.7. The molecule has 0 fully saturated rings. The van der Waals surface area contributed by atoms with Crippen LogP contribution < -0.4 is 16.6 Å². The zero-order valence-corrected chi connectivity index (χ0v) is 56.7. The molecule has 3 aromatic carbocycles. The first-order valence-corrected chi connectivity index (χ1v) is 32.6. The first-order valence-electron chi connectivity index (χ1n) is 25.6. The fourth-order valence-electron chi connectivity index (χ4n) is 5.64. The Bertz CT molecular complexity index is 3880. The normalized spacial score (nSPS) is 9.74. The summed E-state index contributed by atoms with van der Waals surface area (Å²) in [6.07, 6.45) is -0.954. The van der Waals surface area contributed by atoms with Crippen molar-refractivity contribution in [2.45, 2.75) is 93.4 Å². The molecule has 0 amide bonds. The molecule has 494 valence electrons. The maximum absolute atomic E-state index is 11.5. The Morgan fingerprint density at radius 1 is 0.674 bits per heavy atom. The molecule has 5 N–H and O–H groups in total. The van der Waals surface area contributed by atoms with Crippen LogP contribution in [-0.4, -0.2) is 120 Å². The summed E-state index contributed by atoms with van der Waals surface area (Å²) in [7, 11) is -3.82. The van der Waals surface area contributed by atoms with E-state index in [1.54, 1.807) is 32.0 Å². The lowest BCUT2D eigenvalue weighted by molar-refractivity contribution is -0.146. The summed E-state index contributed by atoms with van der Waals surface area (Å²) in [5, 5.41) is 29.4. The van der Waals surface area contributed by atoms with Gasteiger partial charge in [-0.05, 0) is 129 Å². The van der Waals surface area contributed by atoms with Crippen molar-refractivity contribution in [1.29, 1.82) is 0 Å². The third-order valence-corrected chi connectivity index (χ3v) is 11.5. The van der Waals surface area contributed by atoms with E-state index in [2.05, 4.69) is 88.2 Å². The molecule has 0 bridgehead atoms. The summed E-state index contributed by atoms with van der Waals surface area (Å²) in [5.41, 5.74) is 26.4. The Morgan fingerprint density at radius 2 is 1.16 bits per heavy atom. The molecule has 6 rings (SSSR count). The predicted molar refractivity (Wildman–Crippen MR) is 345 cm³/mol. The van der Waals surface area contributed by atoms with E-state index in [1.807, 2.05) is 74.4 Å². The minimum absolute atomic E-state index is 0.0101. The van der Waals surface area contributed by atoms with E-state index < -0.39 is 62.2 Å². The second-order valence-electron chi connectivity index (χ2n) is 17.5. The minimum Gasteiger partial charge on any atom is -0.505 e. The van der Waals surface area contributed by atoms with Gasteiger partial charge in [0.15, 0.2) is 50.6 Å². The number of carbonyl (C=O) groups is 9. The molecule has 3 aromatic heterocycles. The molecule has 29 nitrogen and oxygen atoms in total. The minimum atomic E-state index is -3.82. The third kappa shape index (κ3) is 38.8. The number of nitrogens with two attached hydrogens (primary N) is 1. The standard InChI is InChI=1S/C13H12ClN3O.C8H10N2O4.C8H12O4.C7H7N3O2S.C7H9N.C6H4Cl2N2O.C6H6N2O3.Cl3OP/c1-8-5-3-4-6-10(8)15-11-7-12(14)16-17-13(11)9(2)18;1-3-14-8(13)7(10-9)6(12)4-5(2)11;1-3-12-8(11)5-7(10)4-6(2)9;1-6-2-4-7(5-3-6)13(11,12)10-9-8;1-6-4-2-3-5-7(6)8;1-3(11)6-4(7)2-5(8)9-10-6;1-3(9)6-4(10)2-5(11)7-8-6;1-5(2,3)4/h3-7H,1-2H3,(H,15,16);3-4H2,1-2H3;3-5H2,1-2H3;2-5H,1H3;2-5H,8H2,1H3;2H,1H3;2H,1H3,(H2,7,10,11);. The van der Waals surface area contributed by atoms with Crippen LogP contribution in [0.2, 0.25) is 15.3 Å². The number of carbonyl (C=O) groups excluding carboxylic acids is 9.